The molecule has 0 bridgehead atoms. The van der Waals surface area contributed by atoms with Gasteiger partial charge in [-0.2, -0.15) is 18.0 Å². The number of benzene rings is 2. The summed E-state index contributed by atoms with van der Waals surface area (Å²) in [6, 6.07) is 12.4. The molecule has 0 fully saturated rings. The van der Waals surface area contributed by atoms with E-state index in [1.165, 1.54) is 16.9 Å². The summed E-state index contributed by atoms with van der Waals surface area (Å²) in [5.74, 6) is 0.156. The van der Waals surface area contributed by atoms with Crippen LogP contribution < -0.4 is 0 Å². The van der Waals surface area contributed by atoms with Gasteiger partial charge >= 0.3 is 6.18 Å². The van der Waals surface area contributed by atoms with Crippen LogP contribution in [0.1, 0.15) is 11.1 Å². The second kappa shape index (κ2) is 6.11. The van der Waals surface area contributed by atoms with E-state index in [1.807, 2.05) is 24.3 Å². The van der Waals surface area contributed by atoms with Crippen LogP contribution in [-0.4, -0.2) is 20.2 Å². The third-order valence-electron chi connectivity index (χ3n) is 3.17. The number of hydrogen-bond donors (Lipinski definition) is 0. The first-order valence-electron chi connectivity index (χ1n) is 6.62. The highest BCUT2D eigenvalue weighted by atomic mass is 79.9. The van der Waals surface area contributed by atoms with Crippen molar-refractivity contribution in [2.45, 2.75) is 12.7 Å². The molecule has 0 radical (unpaired) electrons. The Morgan fingerprint density at radius 2 is 1.83 bits per heavy atom. The molecular weight excluding hydrogens is 373 g/mol. The summed E-state index contributed by atoms with van der Waals surface area (Å²) in [6.45, 7) is 0.368. The molecule has 2 aromatic carbocycles. The van der Waals surface area contributed by atoms with Gasteiger partial charge in [-0.25, -0.2) is 0 Å². The van der Waals surface area contributed by atoms with Crippen LogP contribution in [0.25, 0.3) is 11.4 Å². The van der Waals surface area contributed by atoms with Crippen molar-refractivity contribution < 1.29 is 13.2 Å². The summed E-state index contributed by atoms with van der Waals surface area (Å²) >= 11 is 3.42. The first kappa shape index (κ1) is 15.7. The molecule has 3 aromatic rings. The number of hydrogen-bond acceptors (Lipinski definition) is 3. The Balaban J connectivity index is 1.86. The van der Waals surface area contributed by atoms with Crippen molar-refractivity contribution in [2.75, 3.05) is 0 Å². The van der Waals surface area contributed by atoms with Crippen LogP contribution in [0, 0.1) is 0 Å². The predicted molar refractivity (Wildman–Crippen MR) is 81.5 cm³/mol. The van der Waals surface area contributed by atoms with E-state index in [1.54, 1.807) is 0 Å². The lowest BCUT2D eigenvalue weighted by Crippen LogP contribution is -2.05. The zero-order valence-electron chi connectivity index (χ0n) is 11.6. The van der Waals surface area contributed by atoms with Gasteiger partial charge in [-0.1, -0.05) is 46.3 Å². The quantitative estimate of drug-likeness (QED) is 0.682. The SMILES string of the molecule is FC(F)(F)c1cccc(-c2nnn(Cc3ccccc3Br)n2)c1. The minimum atomic E-state index is -4.40. The second-order valence-corrected chi connectivity index (χ2v) is 5.67. The maximum atomic E-state index is 12.8. The van der Waals surface area contributed by atoms with Crippen molar-refractivity contribution in [2.24, 2.45) is 0 Å². The van der Waals surface area contributed by atoms with E-state index in [0.29, 0.717) is 6.54 Å². The molecule has 3 rings (SSSR count). The smallest absolute Gasteiger partial charge is 0.166 e. The zero-order valence-corrected chi connectivity index (χ0v) is 13.2. The highest BCUT2D eigenvalue weighted by Crippen LogP contribution is 2.31. The van der Waals surface area contributed by atoms with E-state index in [4.69, 9.17) is 0 Å². The number of halogens is 4. The Morgan fingerprint density at radius 3 is 2.57 bits per heavy atom. The molecule has 0 N–H and O–H groups in total. The maximum Gasteiger partial charge on any atom is 0.416 e. The van der Waals surface area contributed by atoms with Crippen LogP contribution in [0.2, 0.25) is 0 Å². The molecule has 118 valence electrons. The summed E-state index contributed by atoms with van der Waals surface area (Å²) in [4.78, 5) is 1.34. The highest BCUT2D eigenvalue weighted by Gasteiger charge is 2.30. The average molecular weight is 383 g/mol. The molecular formula is C15H10BrF3N4. The monoisotopic (exact) mass is 382 g/mol. The van der Waals surface area contributed by atoms with Gasteiger partial charge in [0.25, 0.3) is 0 Å². The Bertz CT molecular complexity index is 829. The second-order valence-electron chi connectivity index (χ2n) is 4.81. The molecule has 23 heavy (non-hydrogen) atoms. The topological polar surface area (TPSA) is 43.6 Å². The van der Waals surface area contributed by atoms with Crippen molar-refractivity contribution in [3.05, 3.63) is 64.1 Å². The van der Waals surface area contributed by atoms with Gasteiger partial charge in [-0.15, -0.1) is 10.2 Å². The van der Waals surface area contributed by atoms with Gasteiger partial charge in [-0.05, 0) is 29.0 Å². The minimum Gasteiger partial charge on any atom is -0.166 e. The van der Waals surface area contributed by atoms with Crippen molar-refractivity contribution in [1.82, 2.24) is 20.2 Å². The fourth-order valence-corrected chi connectivity index (χ4v) is 2.45. The van der Waals surface area contributed by atoms with Gasteiger partial charge in [0, 0.05) is 10.0 Å². The van der Waals surface area contributed by atoms with Crippen LogP contribution >= 0.6 is 15.9 Å². The lowest BCUT2D eigenvalue weighted by atomic mass is 10.1. The molecule has 0 aliphatic rings. The normalized spacial score (nSPS) is 11.7. The fraction of sp³-hybridized carbons (Fsp3) is 0.133. The molecule has 0 spiro atoms. The average Bonchev–Trinajstić information content (AvgIpc) is 2.98. The van der Waals surface area contributed by atoms with E-state index in [-0.39, 0.29) is 11.4 Å². The van der Waals surface area contributed by atoms with Crippen LogP contribution in [-0.2, 0) is 12.7 Å². The molecule has 0 atom stereocenters. The van der Waals surface area contributed by atoms with Gasteiger partial charge in [0.1, 0.15) is 0 Å². The summed E-state index contributed by atoms with van der Waals surface area (Å²) in [7, 11) is 0. The first-order valence-corrected chi connectivity index (χ1v) is 7.41. The lowest BCUT2D eigenvalue weighted by Gasteiger charge is -2.06. The summed E-state index contributed by atoms with van der Waals surface area (Å²) in [5.41, 5.74) is 0.482. The van der Waals surface area contributed by atoms with Gasteiger partial charge in [-0.3, -0.25) is 0 Å². The van der Waals surface area contributed by atoms with E-state index < -0.39 is 11.7 Å². The Kier molecular flexibility index (Phi) is 4.16. The third kappa shape index (κ3) is 3.58. The standard InChI is InChI=1S/C15H10BrF3N4/c16-13-7-2-1-4-11(13)9-23-21-14(20-22-23)10-5-3-6-12(8-10)15(17,18)19/h1-8H,9H2. The first-order chi connectivity index (χ1) is 10.9. The molecule has 8 heteroatoms. The minimum absolute atomic E-state index is 0.156. The number of nitrogens with zero attached hydrogens (tertiary/aromatic N) is 4. The molecule has 0 amide bonds. The van der Waals surface area contributed by atoms with E-state index in [9.17, 15) is 13.2 Å². The highest BCUT2D eigenvalue weighted by molar-refractivity contribution is 9.10. The molecule has 4 nitrogen and oxygen atoms in total. The molecule has 0 saturated carbocycles. The maximum absolute atomic E-state index is 12.8. The van der Waals surface area contributed by atoms with Gasteiger partial charge in [0.15, 0.2) is 0 Å². The zero-order chi connectivity index (χ0) is 16.4. The van der Waals surface area contributed by atoms with E-state index >= 15 is 0 Å². The van der Waals surface area contributed by atoms with Crippen LogP contribution in [0.5, 0.6) is 0 Å². The molecule has 0 unspecified atom stereocenters. The fourth-order valence-electron chi connectivity index (χ4n) is 2.04. The Hall–Kier alpha value is -2.22. The summed E-state index contributed by atoms with van der Waals surface area (Å²) in [5, 5.41) is 11.9. The summed E-state index contributed by atoms with van der Waals surface area (Å²) in [6.07, 6.45) is -4.40. The Morgan fingerprint density at radius 1 is 1.04 bits per heavy atom. The molecule has 0 aliphatic carbocycles. The number of aromatic nitrogens is 4. The molecule has 1 aromatic heterocycles. The van der Waals surface area contributed by atoms with Gasteiger partial charge in [0.2, 0.25) is 5.82 Å². The van der Waals surface area contributed by atoms with Crippen LogP contribution in [0.15, 0.2) is 53.0 Å². The van der Waals surface area contributed by atoms with Crippen molar-refractivity contribution in [3.8, 4) is 11.4 Å². The van der Waals surface area contributed by atoms with Crippen molar-refractivity contribution >= 4 is 15.9 Å². The molecule has 0 aliphatic heterocycles. The number of alkyl halides is 3. The third-order valence-corrected chi connectivity index (χ3v) is 3.94. The van der Waals surface area contributed by atoms with Gasteiger partial charge < -0.3 is 0 Å². The molecule has 1 heterocycles. The van der Waals surface area contributed by atoms with E-state index in [0.717, 1.165) is 22.2 Å². The summed E-state index contributed by atoms with van der Waals surface area (Å²) < 4.78 is 39.2. The number of rotatable bonds is 3. The van der Waals surface area contributed by atoms with E-state index in [2.05, 4.69) is 31.3 Å². The van der Waals surface area contributed by atoms with Gasteiger partial charge in [0.05, 0.1) is 12.1 Å². The Labute approximate surface area is 138 Å². The number of tetrazole rings is 1. The predicted octanol–water partition coefficient (Wildman–Crippen LogP) is 4.17. The van der Waals surface area contributed by atoms with Crippen LogP contribution in [0.4, 0.5) is 13.2 Å². The lowest BCUT2D eigenvalue weighted by molar-refractivity contribution is -0.137. The van der Waals surface area contributed by atoms with Crippen molar-refractivity contribution in [3.63, 3.8) is 0 Å². The van der Waals surface area contributed by atoms with Crippen molar-refractivity contribution in [1.29, 1.82) is 0 Å². The van der Waals surface area contributed by atoms with Crippen LogP contribution in [0.3, 0.4) is 0 Å². The largest absolute Gasteiger partial charge is 0.416 e. The molecule has 0 saturated heterocycles.